The first-order chi connectivity index (χ1) is 10.2. The summed E-state index contributed by atoms with van der Waals surface area (Å²) in [5.74, 6) is 0.471. The van der Waals surface area contributed by atoms with Gasteiger partial charge in [-0.3, -0.25) is 0 Å². The molecule has 0 heterocycles. The summed E-state index contributed by atoms with van der Waals surface area (Å²) in [6, 6.07) is 15.6. The molecule has 0 aromatic heterocycles. The number of benzene rings is 2. The number of unbranched alkanes of at least 4 members (excludes halogenated alkanes) is 1. The van der Waals surface area contributed by atoms with Gasteiger partial charge in [-0.2, -0.15) is 0 Å². The van der Waals surface area contributed by atoms with Crippen molar-refractivity contribution in [1.29, 1.82) is 0 Å². The first kappa shape index (κ1) is 14.6. The molecule has 0 nitrogen and oxygen atoms in total. The SMILES string of the molecule is CCCCc1ccc(C2=Cc3c(Br)cccc3C2C)cc1. The van der Waals surface area contributed by atoms with E-state index >= 15 is 0 Å². The summed E-state index contributed by atoms with van der Waals surface area (Å²) in [6.45, 7) is 4.55. The first-order valence-electron chi connectivity index (χ1n) is 7.80. The largest absolute Gasteiger partial charge is 0.0654 e. The predicted octanol–water partition coefficient (Wildman–Crippen LogP) is 6.45. The number of aryl methyl sites for hydroxylation is 1. The van der Waals surface area contributed by atoms with Gasteiger partial charge in [0, 0.05) is 10.4 Å². The maximum Gasteiger partial charge on any atom is 0.0250 e. The highest BCUT2D eigenvalue weighted by Gasteiger charge is 2.23. The molecule has 0 N–H and O–H groups in total. The van der Waals surface area contributed by atoms with Crippen molar-refractivity contribution in [3.8, 4) is 0 Å². The molecule has 1 aliphatic rings. The molecule has 0 amide bonds. The molecule has 3 rings (SSSR count). The number of hydrogen-bond acceptors (Lipinski definition) is 0. The third kappa shape index (κ3) is 2.85. The minimum Gasteiger partial charge on any atom is -0.0654 e. The summed E-state index contributed by atoms with van der Waals surface area (Å²) in [6.07, 6.45) is 6.06. The summed E-state index contributed by atoms with van der Waals surface area (Å²) in [4.78, 5) is 0. The van der Waals surface area contributed by atoms with Gasteiger partial charge in [-0.15, -0.1) is 0 Å². The van der Waals surface area contributed by atoms with Gasteiger partial charge in [0.1, 0.15) is 0 Å². The molecule has 0 aliphatic heterocycles. The van der Waals surface area contributed by atoms with Crippen LogP contribution in [0.1, 0.15) is 54.9 Å². The van der Waals surface area contributed by atoms with Gasteiger partial charge < -0.3 is 0 Å². The van der Waals surface area contributed by atoms with Crippen LogP contribution in [-0.2, 0) is 6.42 Å². The molecule has 0 radical (unpaired) electrons. The smallest absolute Gasteiger partial charge is 0.0250 e. The van der Waals surface area contributed by atoms with Gasteiger partial charge in [-0.05, 0) is 52.8 Å². The molecule has 2 aromatic carbocycles. The average Bonchev–Trinajstić information content (AvgIpc) is 2.85. The number of halogens is 1. The van der Waals surface area contributed by atoms with Crippen LogP contribution in [0.2, 0.25) is 0 Å². The molecule has 21 heavy (non-hydrogen) atoms. The van der Waals surface area contributed by atoms with Crippen molar-refractivity contribution in [2.75, 3.05) is 0 Å². The lowest BCUT2D eigenvalue weighted by atomic mass is 9.92. The maximum atomic E-state index is 3.67. The second kappa shape index (κ2) is 6.19. The summed E-state index contributed by atoms with van der Waals surface area (Å²) in [5, 5.41) is 0. The number of hydrogen-bond donors (Lipinski definition) is 0. The minimum absolute atomic E-state index is 0.471. The van der Waals surface area contributed by atoms with Crippen molar-refractivity contribution in [2.24, 2.45) is 0 Å². The maximum absolute atomic E-state index is 3.67. The van der Waals surface area contributed by atoms with Gasteiger partial charge in [-0.1, -0.05) is 72.6 Å². The van der Waals surface area contributed by atoms with E-state index in [2.05, 4.69) is 78.3 Å². The zero-order chi connectivity index (χ0) is 14.8. The van der Waals surface area contributed by atoms with E-state index in [1.54, 1.807) is 0 Å². The lowest BCUT2D eigenvalue weighted by Gasteiger charge is -2.12. The highest BCUT2D eigenvalue weighted by molar-refractivity contribution is 9.10. The van der Waals surface area contributed by atoms with E-state index in [0.29, 0.717) is 5.92 Å². The van der Waals surface area contributed by atoms with Gasteiger partial charge >= 0.3 is 0 Å². The normalized spacial score (nSPS) is 16.7. The Bertz CT molecular complexity index is 665. The molecule has 108 valence electrons. The monoisotopic (exact) mass is 340 g/mol. The van der Waals surface area contributed by atoms with Crippen LogP contribution in [0.4, 0.5) is 0 Å². The van der Waals surface area contributed by atoms with Gasteiger partial charge in [0.2, 0.25) is 0 Å². The van der Waals surface area contributed by atoms with Crippen LogP contribution in [-0.4, -0.2) is 0 Å². The Morgan fingerprint density at radius 3 is 2.48 bits per heavy atom. The van der Waals surface area contributed by atoms with E-state index in [4.69, 9.17) is 0 Å². The van der Waals surface area contributed by atoms with Crippen LogP contribution in [0, 0.1) is 0 Å². The topological polar surface area (TPSA) is 0 Å². The summed E-state index contributed by atoms with van der Waals surface area (Å²) in [7, 11) is 0. The second-order valence-electron chi connectivity index (χ2n) is 5.86. The van der Waals surface area contributed by atoms with Crippen molar-refractivity contribution in [2.45, 2.75) is 39.0 Å². The Morgan fingerprint density at radius 1 is 1.05 bits per heavy atom. The van der Waals surface area contributed by atoms with E-state index in [0.717, 1.165) is 0 Å². The fourth-order valence-electron chi connectivity index (χ4n) is 3.11. The Morgan fingerprint density at radius 2 is 1.81 bits per heavy atom. The number of fused-ring (bicyclic) bond motifs is 1. The van der Waals surface area contributed by atoms with Gasteiger partial charge in [0.15, 0.2) is 0 Å². The highest BCUT2D eigenvalue weighted by atomic mass is 79.9. The van der Waals surface area contributed by atoms with Crippen LogP contribution >= 0.6 is 15.9 Å². The first-order valence-corrected chi connectivity index (χ1v) is 8.59. The van der Waals surface area contributed by atoms with Gasteiger partial charge in [0.25, 0.3) is 0 Å². The summed E-state index contributed by atoms with van der Waals surface area (Å²) < 4.78 is 1.20. The van der Waals surface area contributed by atoms with Crippen molar-refractivity contribution < 1.29 is 0 Å². The molecule has 0 fully saturated rings. The van der Waals surface area contributed by atoms with Gasteiger partial charge in [-0.25, -0.2) is 0 Å². The van der Waals surface area contributed by atoms with Crippen LogP contribution in [0.3, 0.4) is 0 Å². The van der Waals surface area contributed by atoms with Crippen LogP contribution < -0.4 is 0 Å². The molecule has 0 saturated carbocycles. The standard InChI is InChI=1S/C20H21Br/c1-3-4-6-15-9-11-16(12-10-15)18-13-19-17(14(18)2)7-5-8-20(19)21/h5,7-14H,3-4,6H2,1-2H3. The van der Waals surface area contributed by atoms with Gasteiger partial charge in [0.05, 0.1) is 0 Å². The molecule has 1 unspecified atom stereocenters. The van der Waals surface area contributed by atoms with E-state index in [1.807, 2.05) is 0 Å². The highest BCUT2D eigenvalue weighted by Crippen LogP contribution is 2.43. The fourth-order valence-corrected chi connectivity index (χ4v) is 3.61. The van der Waals surface area contributed by atoms with Crippen molar-refractivity contribution in [3.05, 3.63) is 69.2 Å². The summed E-state index contributed by atoms with van der Waals surface area (Å²) >= 11 is 3.67. The fraction of sp³-hybridized carbons (Fsp3) is 0.300. The van der Waals surface area contributed by atoms with E-state index in [1.165, 1.54) is 51.6 Å². The molecular weight excluding hydrogens is 320 g/mol. The number of rotatable bonds is 4. The third-order valence-electron chi connectivity index (χ3n) is 4.43. The lowest BCUT2D eigenvalue weighted by Crippen LogP contribution is -1.94. The van der Waals surface area contributed by atoms with E-state index in [9.17, 15) is 0 Å². The molecule has 0 bridgehead atoms. The zero-order valence-electron chi connectivity index (χ0n) is 12.7. The minimum atomic E-state index is 0.471. The molecule has 0 saturated heterocycles. The van der Waals surface area contributed by atoms with Crippen molar-refractivity contribution in [3.63, 3.8) is 0 Å². The van der Waals surface area contributed by atoms with Crippen molar-refractivity contribution in [1.82, 2.24) is 0 Å². The Labute approximate surface area is 136 Å². The number of allylic oxidation sites excluding steroid dienone is 1. The lowest BCUT2D eigenvalue weighted by molar-refractivity contribution is 0.795. The van der Waals surface area contributed by atoms with E-state index < -0.39 is 0 Å². The predicted molar refractivity (Wildman–Crippen MR) is 95.5 cm³/mol. The average molecular weight is 341 g/mol. The Balaban J connectivity index is 1.88. The molecule has 1 atom stereocenters. The third-order valence-corrected chi connectivity index (χ3v) is 5.12. The van der Waals surface area contributed by atoms with Crippen molar-refractivity contribution >= 4 is 27.6 Å². The van der Waals surface area contributed by atoms with Crippen LogP contribution in [0.15, 0.2) is 46.9 Å². The quantitative estimate of drug-likeness (QED) is 0.599. The molecule has 1 aliphatic carbocycles. The van der Waals surface area contributed by atoms with Crippen LogP contribution in [0.25, 0.3) is 11.6 Å². The zero-order valence-corrected chi connectivity index (χ0v) is 14.3. The molecule has 1 heteroatoms. The molecule has 2 aromatic rings. The molecule has 0 spiro atoms. The Hall–Kier alpha value is -1.34. The second-order valence-corrected chi connectivity index (χ2v) is 6.72. The molecular formula is C20H21Br. The Kier molecular flexibility index (Phi) is 4.30. The van der Waals surface area contributed by atoms with E-state index in [-0.39, 0.29) is 0 Å². The summed E-state index contributed by atoms with van der Waals surface area (Å²) in [5.41, 5.74) is 7.00. The van der Waals surface area contributed by atoms with Crippen LogP contribution in [0.5, 0.6) is 0 Å².